The van der Waals surface area contributed by atoms with Crippen molar-refractivity contribution in [1.82, 2.24) is 5.32 Å². The van der Waals surface area contributed by atoms with E-state index in [4.69, 9.17) is 5.73 Å². The summed E-state index contributed by atoms with van der Waals surface area (Å²) in [6.45, 7) is 1.70. The van der Waals surface area contributed by atoms with Crippen LogP contribution in [0, 0.1) is 0 Å². The summed E-state index contributed by atoms with van der Waals surface area (Å²) in [4.78, 5) is 26.3. The second-order valence-electron chi connectivity index (χ2n) is 6.81. The van der Waals surface area contributed by atoms with Crippen LogP contribution in [0.1, 0.15) is 18.4 Å². The van der Waals surface area contributed by atoms with E-state index in [1.807, 2.05) is 36.4 Å². The monoisotopic (exact) mass is 379 g/mol. The molecule has 0 saturated carbocycles. The minimum atomic E-state index is -0.337. The normalized spacial score (nSPS) is 21.6. The molecule has 2 heterocycles. The van der Waals surface area contributed by atoms with Crippen LogP contribution >= 0.6 is 11.8 Å². The molecule has 1 atom stereocenters. The van der Waals surface area contributed by atoms with Gasteiger partial charge in [-0.05, 0) is 41.8 Å². The molecule has 2 aliphatic rings. The molecule has 5 nitrogen and oxygen atoms in total. The van der Waals surface area contributed by atoms with Crippen molar-refractivity contribution in [3.8, 4) is 11.1 Å². The smallest absolute Gasteiger partial charge is 0.290 e. The Morgan fingerprint density at radius 1 is 1.11 bits per heavy atom. The minimum absolute atomic E-state index is 0.133. The number of piperidine rings is 1. The maximum Gasteiger partial charge on any atom is 0.290 e. The zero-order chi connectivity index (χ0) is 18.8. The fraction of sp³-hybridized carbons (Fsp3) is 0.238. The van der Waals surface area contributed by atoms with Gasteiger partial charge in [0.2, 0.25) is 0 Å². The molecular weight excluding hydrogens is 358 g/mol. The van der Waals surface area contributed by atoms with E-state index in [1.54, 1.807) is 0 Å². The van der Waals surface area contributed by atoms with Gasteiger partial charge in [0.25, 0.3) is 11.1 Å². The molecule has 2 aromatic rings. The second-order valence-corrected chi connectivity index (χ2v) is 7.82. The van der Waals surface area contributed by atoms with E-state index in [-0.39, 0.29) is 17.2 Å². The summed E-state index contributed by atoms with van der Waals surface area (Å²) in [6, 6.07) is 16.4. The highest BCUT2D eigenvalue weighted by Gasteiger charge is 2.27. The lowest BCUT2D eigenvalue weighted by atomic mass is 9.96. The number of hydrogen-bond donors (Lipinski definition) is 2. The molecule has 2 aromatic carbocycles. The van der Waals surface area contributed by atoms with Gasteiger partial charge in [0.05, 0.1) is 10.6 Å². The first kappa shape index (κ1) is 17.8. The Morgan fingerprint density at radius 3 is 2.63 bits per heavy atom. The van der Waals surface area contributed by atoms with E-state index in [0.717, 1.165) is 60.1 Å². The van der Waals surface area contributed by atoms with E-state index >= 15 is 0 Å². The van der Waals surface area contributed by atoms with E-state index in [1.165, 1.54) is 0 Å². The number of anilines is 1. The Hall–Kier alpha value is -2.57. The average Bonchev–Trinajstić information content (AvgIpc) is 2.99. The Morgan fingerprint density at radius 2 is 1.93 bits per heavy atom. The summed E-state index contributed by atoms with van der Waals surface area (Å²) < 4.78 is 0. The first-order chi connectivity index (χ1) is 13.1. The summed E-state index contributed by atoms with van der Waals surface area (Å²) in [6.07, 6.45) is 3.87. The van der Waals surface area contributed by atoms with Gasteiger partial charge in [-0.3, -0.25) is 14.9 Å². The highest BCUT2D eigenvalue weighted by molar-refractivity contribution is 8.18. The number of carbonyl (C=O) groups is 2. The number of nitrogens with zero attached hydrogens (tertiary/aromatic N) is 1. The quantitative estimate of drug-likeness (QED) is 0.797. The third-order valence-electron chi connectivity index (χ3n) is 4.85. The van der Waals surface area contributed by atoms with Crippen molar-refractivity contribution in [3.63, 3.8) is 0 Å². The average molecular weight is 379 g/mol. The Balaban J connectivity index is 1.84. The van der Waals surface area contributed by atoms with Gasteiger partial charge in [-0.2, -0.15) is 0 Å². The van der Waals surface area contributed by atoms with Gasteiger partial charge in [-0.25, -0.2) is 0 Å². The van der Waals surface area contributed by atoms with Crippen LogP contribution in [0.2, 0.25) is 0 Å². The number of rotatable bonds is 3. The number of nitrogens with one attached hydrogen (secondary N) is 1. The van der Waals surface area contributed by atoms with Gasteiger partial charge < -0.3 is 10.6 Å². The maximum atomic E-state index is 12.0. The number of nitrogens with two attached hydrogens (primary N) is 1. The zero-order valence-corrected chi connectivity index (χ0v) is 15.7. The fourth-order valence-electron chi connectivity index (χ4n) is 3.66. The predicted octanol–water partition coefficient (Wildman–Crippen LogP) is 3.61. The van der Waals surface area contributed by atoms with Gasteiger partial charge >= 0.3 is 0 Å². The molecular formula is C21H21N3O2S. The highest BCUT2D eigenvalue weighted by Crippen LogP contribution is 2.38. The van der Waals surface area contributed by atoms with Crippen LogP contribution < -0.4 is 16.0 Å². The van der Waals surface area contributed by atoms with Crippen LogP contribution in [0.15, 0.2) is 53.4 Å². The molecule has 2 fully saturated rings. The van der Waals surface area contributed by atoms with Gasteiger partial charge in [0, 0.05) is 24.7 Å². The minimum Gasteiger partial charge on any atom is -0.369 e. The van der Waals surface area contributed by atoms with Crippen LogP contribution in [-0.2, 0) is 4.79 Å². The lowest BCUT2D eigenvalue weighted by molar-refractivity contribution is -0.115. The second kappa shape index (κ2) is 7.58. The lowest BCUT2D eigenvalue weighted by Gasteiger charge is -2.35. The topological polar surface area (TPSA) is 75.4 Å². The van der Waals surface area contributed by atoms with E-state index in [2.05, 4.69) is 28.4 Å². The third-order valence-corrected chi connectivity index (χ3v) is 5.67. The van der Waals surface area contributed by atoms with E-state index < -0.39 is 0 Å². The van der Waals surface area contributed by atoms with E-state index in [0.29, 0.717) is 4.91 Å². The summed E-state index contributed by atoms with van der Waals surface area (Å²) in [7, 11) is 0. The van der Waals surface area contributed by atoms with Crippen molar-refractivity contribution in [3.05, 3.63) is 59.0 Å². The summed E-state index contributed by atoms with van der Waals surface area (Å²) in [5, 5.41) is 2.00. The van der Waals surface area contributed by atoms with Gasteiger partial charge in [0.15, 0.2) is 0 Å². The molecule has 0 unspecified atom stereocenters. The van der Waals surface area contributed by atoms with Crippen LogP contribution in [0.4, 0.5) is 10.5 Å². The Kier molecular flexibility index (Phi) is 5.01. The fourth-order valence-corrected chi connectivity index (χ4v) is 4.33. The molecule has 6 heteroatoms. The van der Waals surface area contributed by atoms with Crippen molar-refractivity contribution >= 4 is 34.7 Å². The summed E-state index contributed by atoms with van der Waals surface area (Å²) >= 11 is 0.944. The van der Waals surface area contributed by atoms with E-state index in [9.17, 15) is 9.59 Å². The summed E-state index contributed by atoms with van der Waals surface area (Å²) in [5.74, 6) is -0.337. The van der Waals surface area contributed by atoms with Crippen LogP contribution in [0.25, 0.3) is 17.2 Å². The van der Waals surface area contributed by atoms with Crippen LogP contribution in [0.3, 0.4) is 0 Å². The number of para-hydroxylation sites is 1. The molecule has 27 heavy (non-hydrogen) atoms. The van der Waals surface area contributed by atoms with Gasteiger partial charge in [-0.1, -0.05) is 48.5 Å². The molecule has 2 amide bonds. The lowest BCUT2D eigenvalue weighted by Crippen LogP contribution is -2.43. The van der Waals surface area contributed by atoms with Crippen molar-refractivity contribution in [2.75, 3.05) is 18.0 Å². The predicted molar refractivity (Wildman–Crippen MR) is 110 cm³/mol. The zero-order valence-electron chi connectivity index (χ0n) is 14.9. The van der Waals surface area contributed by atoms with Crippen molar-refractivity contribution < 1.29 is 9.59 Å². The van der Waals surface area contributed by atoms with Crippen molar-refractivity contribution in [1.29, 1.82) is 0 Å². The van der Waals surface area contributed by atoms with Gasteiger partial charge in [0.1, 0.15) is 0 Å². The molecule has 138 valence electrons. The maximum absolute atomic E-state index is 12.0. The first-order valence-electron chi connectivity index (χ1n) is 9.05. The molecule has 4 rings (SSSR count). The number of carbonyl (C=O) groups excluding carboxylic acids is 2. The SMILES string of the molecule is N[C@@H]1CCCN(c2c(/C=C3/SC(=O)NC3=O)cccc2-c2ccccc2)C1. The van der Waals surface area contributed by atoms with Crippen molar-refractivity contribution in [2.24, 2.45) is 5.73 Å². The molecule has 2 aliphatic heterocycles. The number of imide groups is 1. The molecule has 0 aliphatic carbocycles. The molecule has 0 spiro atoms. The molecule has 0 aromatic heterocycles. The number of thioether (sulfide) groups is 1. The standard InChI is InChI=1S/C21H21N3O2S/c22-16-9-5-11-24(13-16)19-15(12-18-20(25)23-21(26)27-18)8-4-10-17(19)14-6-2-1-3-7-14/h1-4,6-8,10,12,16H,5,9,11,13,22H2,(H,23,25,26)/b18-12+/t16-/m1/s1. The highest BCUT2D eigenvalue weighted by atomic mass is 32.2. The number of benzene rings is 2. The van der Waals surface area contributed by atoms with Crippen molar-refractivity contribution in [2.45, 2.75) is 18.9 Å². The molecule has 0 bridgehead atoms. The summed E-state index contributed by atoms with van der Waals surface area (Å²) in [5.41, 5.74) is 10.5. The number of hydrogen-bond acceptors (Lipinski definition) is 5. The van der Waals surface area contributed by atoms with Crippen LogP contribution in [0.5, 0.6) is 0 Å². The molecule has 2 saturated heterocycles. The van der Waals surface area contributed by atoms with Crippen LogP contribution in [-0.4, -0.2) is 30.3 Å². The Labute approximate surface area is 162 Å². The number of amides is 2. The van der Waals surface area contributed by atoms with Gasteiger partial charge in [-0.15, -0.1) is 0 Å². The molecule has 3 N–H and O–H groups in total. The Bertz CT molecular complexity index is 911. The first-order valence-corrected chi connectivity index (χ1v) is 9.87. The largest absolute Gasteiger partial charge is 0.369 e. The molecule has 0 radical (unpaired) electrons. The third kappa shape index (κ3) is 3.77.